The number of thiazole rings is 1. The Morgan fingerprint density at radius 1 is 1.40 bits per heavy atom. The third-order valence-electron chi connectivity index (χ3n) is 7.40. The zero-order chi connectivity index (χ0) is 29.5. The van der Waals surface area contributed by atoms with E-state index in [1.807, 2.05) is 0 Å². The van der Waals surface area contributed by atoms with Crippen LogP contribution in [0.1, 0.15) is 58.2 Å². The number of aliphatic hydroxyl groups excluding tert-OH is 2. The number of carbonyl (C=O) groups excluding carboxylic acids is 1. The molecule has 4 aromatic rings. The van der Waals surface area contributed by atoms with E-state index in [0.29, 0.717) is 62.0 Å². The van der Waals surface area contributed by atoms with Crippen molar-refractivity contribution >= 4 is 55.8 Å². The largest absolute Gasteiger partial charge is 0.492 e. The summed E-state index contributed by atoms with van der Waals surface area (Å²) in [5.74, 6) is 0.150. The molecular weight excluding hydrogens is 580 g/mol. The molecule has 1 aliphatic carbocycles. The number of nitrogens with one attached hydrogen (secondary N) is 3. The summed E-state index contributed by atoms with van der Waals surface area (Å²) in [7, 11) is 0. The molecule has 218 valence electrons. The van der Waals surface area contributed by atoms with E-state index in [1.165, 1.54) is 10.8 Å². The van der Waals surface area contributed by atoms with Gasteiger partial charge in [0.05, 0.1) is 42.8 Å². The van der Waals surface area contributed by atoms with Crippen LogP contribution in [0.2, 0.25) is 0 Å². The van der Waals surface area contributed by atoms with Crippen molar-refractivity contribution in [2.24, 2.45) is 5.92 Å². The van der Waals surface area contributed by atoms with E-state index in [9.17, 15) is 25.4 Å². The lowest BCUT2D eigenvalue weighted by molar-refractivity contribution is 0.0735. The van der Waals surface area contributed by atoms with Crippen molar-refractivity contribution < 1.29 is 24.9 Å². The van der Waals surface area contributed by atoms with Gasteiger partial charge in [0.1, 0.15) is 38.7 Å². The predicted octanol–water partition coefficient (Wildman–Crippen LogP) is 2.89. The molecule has 5 heterocycles. The Morgan fingerprint density at radius 2 is 2.21 bits per heavy atom. The van der Waals surface area contributed by atoms with Crippen LogP contribution >= 0.6 is 22.9 Å². The van der Waals surface area contributed by atoms with Crippen LogP contribution in [-0.2, 0) is 12.8 Å². The Kier molecular flexibility index (Phi) is 7.54. The molecule has 0 amide bonds. The van der Waals surface area contributed by atoms with Crippen molar-refractivity contribution in [3.63, 3.8) is 0 Å². The Hall–Kier alpha value is -4.10. The lowest BCUT2D eigenvalue weighted by Gasteiger charge is -2.19. The Labute approximate surface area is 248 Å². The number of hydrogen-bond acceptors (Lipinski definition) is 13. The standard InChI is InChI=1S/C27H28N8O5S2/c1-12(17(37)11-36)31-22(29)20-24(38)34-42-25(20)33-27-32-16(7-13-4-5-13)21(41-27)26(39)35-10-14(8-28)19-15-3-2-6-40-18(15)9-30-23(19)35/h9-10,12-13,17,36-37H,2-7,11H2,1H3,(H2,29,31)(H,32,33)(H,34,38). The van der Waals surface area contributed by atoms with Crippen molar-refractivity contribution in [1.29, 1.82) is 10.7 Å². The Bertz CT molecular complexity index is 1730. The number of aryl methyl sites for hydroxylation is 1. The summed E-state index contributed by atoms with van der Waals surface area (Å²) in [6.45, 7) is 1.70. The number of aromatic hydroxyl groups is 1. The normalized spacial score (nSPS) is 15.9. The van der Waals surface area contributed by atoms with Crippen LogP contribution in [0.25, 0.3) is 11.0 Å². The van der Waals surface area contributed by atoms with E-state index in [2.05, 4.69) is 26.1 Å². The van der Waals surface area contributed by atoms with Gasteiger partial charge in [0, 0.05) is 17.1 Å². The fourth-order valence-corrected chi connectivity index (χ4v) is 6.64. The number of fused-ring (bicyclic) bond motifs is 3. The van der Waals surface area contributed by atoms with E-state index in [0.717, 1.165) is 54.1 Å². The summed E-state index contributed by atoms with van der Waals surface area (Å²) in [6, 6.07) is 1.54. The number of nitrogens with zero attached hydrogens (tertiary/aromatic N) is 5. The van der Waals surface area contributed by atoms with E-state index in [1.54, 1.807) is 13.1 Å². The molecule has 2 atom stereocenters. The van der Waals surface area contributed by atoms with Crippen LogP contribution in [0.15, 0.2) is 12.4 Å². The number of aliphatic hydroxyl groups is 2. The van der Waals surface area contributed by atoms with E-state index in [-0.39, 0.29) is 23.2 Å². The molecule has 2 aliphatic rings. The minimum absolute atomic E-state index is 0.0788. The van der Waals surface area contributed by atoms with Gasteiger partial charge in [-0.2, -0.15) is 9.64 Å². The molecule has 0 spiro atoms. The predicted molar refractivity (Wildman–Crippen MR) is 156 cm³/mol. The number of hydrogen-bond donors (Lipinski definition) is 6. The molecule has 1 fully saturated rings. The fraction of sp³-hybridized carbons (Fsp3) is 0.407. The summed E-state index contributed by atoms with van der Waals surface area (Å²) < 4.78 is 11.1. The van der Waals surface area contributed by atoms with Gasteiger partial charge < -0.3 is 30.7 Å². The molecule has 13 nitrogen and oxygen atoms in total. The molecule has 6 rings (SSSR count). The highest BCUT2D eigenvalue weighted by molar-refractivity contribution is 7.18. The molecule has 15 heteroatoms. The maximum absolute atomic E-state index is 14.0. The summed E-state index contributed by atoms with van der Waals surface area (Å²) in [6.07, 6.45) is 6.30. The molecule has 0 bridgehead atoms. The first-order valence-electron chi connectivity index (χ1n) is 13.5. The van der Waals surface area contributed by atoms with Crippen molar-refractivity contribution in [2.45, 2.75) is 51.2 Å². The van der Waals surface area contributed by atoms with Crippen LogP contribution < -0.4 is 15.4 Å². The van der Waals surface area contributed by atoms with Gasteiger partial charge in [-0.05, 0) is 56.5 Å². The van der Waals surface area contributed by atoms with Gasteiger partial charge in [-0.1, -0.05) is 11.3 Å². The average molecular weight is 609 g/mol. The summed E-state index contributed by atoms with van der Waals surface area (Å²) in [4.78, 5) is 23.7. The van der Waals surface area contributed by atoms with Gasteiger partial charge in [0.2, 0.25) is 5.88 Å². The molecule has 1 aliphatic heterocycles. The lowest BCUT2D eigenvalue weighted by Crippen LogP contribution is -2.42. The van der Waals surface area contributed by atoms with Gasteiger partial charge in [-0.15, -0.1) is 0 Å². The molecule has 2 unspecified atom stereocenters. The van der Waals surface area contributed by atoms with E-state index >= 15 is 0 Å². The molecule has 42 heavy (non-hydrogen) atoms. The number of nitriles is 1. The molecule has 4 aromatic heterocycles. The zero-order valence-electron chi connectivity index (χ0n) is 22.5. The van der Waals surface area contributed by atoms with Gasteiger partial charge in [-0.3, -0.25) is 14.8 Å². The number of anilines is 2. The van der Waals surface area contributed by atoms with Crippen molar-refractivity contribution in [2.75, 3.05) is 18.5 Å². The number of pyridine rings is 1. The van der Waals surface area contributed by atoms with Crippen LogP contribution in [0.3, 0.4) is 0 Å². The second-order valence-electron chi connectivity index (χ2n) is 10.4. The Balaban J connectivity index is 1.34. The second-order valence-corrected chi connectivity index (χ2v) is 12.2. The summed E-state index contributed by atoms with van der Waals surface area (Å²) in [5, 5.41) is 55.0. The maximum atomic E-state index is 14.0. The van der Waals surface area contributed by atoms with Crippen molar-refractivity contribution in [1.82, 2.24) is 24.2 Å². The number of aromatic nitrogens is 4. The van der Waals surface area contributed by atoms with Crippen molar-refractivity contribution in [3.05, 3.63) is 39.7 Å². The second kappa shape index (κ2) is 11.3. The molecule has 6 N–H and O–H groups in total. The van der Waals surface area contributed by atoms with Crippen LogP contribution in [0.5, 0.6) is 11.6 Å². The topological polar surface area (TPSA) is 202 Å². The van der Waals surface area contributed by atoms with Crippen LogP contribution in [-0.4, -0.2) is 71.3 Å². The fourth-order valence-electron chi connectivity index (χ4n) is 4.94. The van der Waals surface area contributed by atoms with Gasteiger partial charge in [0.25, 0.3) is 5.91 Å². The summed E-state index contributed by atoms with van der Waals surface area (Å²) in [5.41, 5.74) is 2.34. The van der Waals surface area contributed by atoms with Crippen LogP contribution in [0, 0.1) is 22.7 Å². The first-order valence-corrected chi connectivity index (χ1v) is 15.1. The zero-order valence-corrected chi connectivity index (χ0v) is 24.2. The molecule has 0 saturated heterocycles. The first-order chi connectivity index (χ1) is 20.3. The van der Waals surface area contributed by atoms with E-state index in [4.69, 9.17) is 15.1 Å². The Morgan fingerprint density at radius 3 is 2.95 bits per heavy atom. The number of carbonyl (C=O) groups is 1. The highest BCUT2D eigenvalue weighted by Crippen LogP contribution is 2.39. The number of ether oxygens (including phenoxy) is 1. The maximum Gasteiger partial charge on any atom is 0.275 e. The highest BCUT2D eigenvalue weighted by atomic mass is 32.1. The van der Waals surface area contributed by atoms with Crippen LogP contribution in [0.4, 0.5) is 10.1 Å². The smallest absolute Gasteiger partial charge is 0.275 e. The van der Waals surface area contributed by atoms with E-state index < -0.39 is 18.8 Å². The number of rotatable bonds is 9. The molecular formula is C27H28N8O5S2. The molecule has 1 saturated carbocycles. The third-order valence-corrected chi connectivity index (χ3v) is 9.16. The minimum atomic E-state index is -1.10. The minimum Gasteiger partial charge on any atom is -0.492 e. The summed E-state index contributed by atoms with van der Waals surface area (Å²) >= 11 is 2.06. The average Bonchev–Trinajstić information content (AvgIpc) is 3.42. The third kappa shape index (κ3) is 5.18. The van der Waals surface area contributed by atoms with Crippen molar-refractivity contribution in [3.8, 4) is 17.7 Å². The monoisotopic (exact) mass is 608 g/mol. The molecule has 0 aromatic carbocycles. The number of amidine groups is 1. The highest BCUT2D eigenvalue weighted by Gasteiger charge is 2.30. The SMILES string of the molecule is CC(NC(=N)c1c(O)nsc1Nc1nc(CC2CC2)c(C(=O)n2cc(C#N)c3c4c(cnc32)OCCC4)s1)C(O)CO. The quantitative estimate of drug-likeness (QED) is 0.120. The van der Waals surface area contributed by atoms with Gasteiger partial charge >= 0.3 is 0 Å². The first kappa shape index (κ1) is 28.0. The lowest BCUT2D eigenvalue weighted by atomic mass is 10.0. The molecule has 0 radical (unpaired) electrons. The van der Waals surface area contributed by atoms with Gasteiger partial charge in [-0.25, -0.2) is 9.97 Å². The van der Waals surface area contributed by atoms with Gasteiger partial charge in [0.15, 0.2) is 5.13 Å².